The maximum atomic E-state index is 11.5. The second-order valence-corrected chi connectivity index (χ2v) is 5.57. The van der Waals surface area contributed by atoms with Crippen molar-refractivity contribution in [3.63, 3.8) is 0 Å². The molecule has 0 radical (unpaired) electrons. The van der Waals surface area contributed by atoms with Crippen LogP contribution >= 0.6 is 0 Å². The van der Waals surface area contributed by atoms with Crippen molar-refractivity contribution in [3.05, 3.63) is 0 Å². The van der Waals surface area contributed by atoms with E-state index in [1.54, 1.807) is 0 Å². The Morgan fingerprint density at radius 1 is 0.815 bits per heavy atom. The molecular weight excluding hydrogens is 368 g/mol. The average Bonchev–Trinajstić information content (AvgIpc) is 2.54. The van der Waals surface area contributed by atoms with E-state index >= 15 is 0 Å². The molecule has 0 bridgehead atoms. The van der Waals surface area contributed by atoms with Crippen LogP contribution in [-0.4, -0.2) is 74.1 Å². The molecule has 3 unspecified atom stereocenters. The molecular formula is C16H22O11. The Balaban J connectivity index is 3.24. The second-order valence-electron chi connectivity index (χ2n) is 5.57. The van der Waals surface area contributed by atoms with Gasteiger partial charge >= 0.3 is 23.9 Å². The normalized spacial score (nSPS) is 27.2. The summed E-state index contributed by atoms with van der Waals surface area (Å²) in [5, 5.41) is 0. The number of hydrogen-bond acceptors (Lipinski definition) is 11. The molecule has 1 heterocycles. The van der Waals surface area contributed by atoms with E-state index in [1.807, 2.05) is 0 Å². The van der Waals surface area contributed by atoms with Crippen molar-refractivity contribution in [3.8, 4) is 0 Å². The summed E-state index contributed by atoms with van der Waals surface area (Å²) in [4.78, 5) is 56.3. The van der Waals surface area contributed by atoms with E-state index in [-0.39, 0.29) is 6.61 Å². The van der Waals surface area contributed by atoms with Crippen LogP contribution in [-0.2, 0) is 52.4 Å². The minimum Gasteiger partial charge on any atom is -0.463 e. The van der Waals surface area contributed by atoms with E-state index < -0.39 is 61.2 Å². The lowest BCUT2D eigenvalue weighted by atomic mass is 9.98. The van der Waals surface area contributed by atoms with Gasteiger partial charge in [0.15, 0.2) is 24.6 Å². The van der Waals surface area contributed by atoms with Crippen LogP contribution in [0.15, 0.2) is 0 Å². The van der Waals surface area contributed by atoms with Crippen LogP contribution in [0, 0.1) is 0 Å². The van der Waals surface area contributed by atoms with Gasteiger partial charge in [-0.1, -0.05) is 0 Å². The fourth-order valence-electron chi connectivity index (χ4n) is 2.46. The highest BCUT2D eigenvalue weighted by Gasteiger charge is 2.52. The van der Waals surface area contributed by atoms with Gasteiger partial charge in [0.1, 0.15) is 25.6 Å². The van der Waals surface area contributed by atoms with E-state index in [0.29, 0.717) is 6.29 Å². The number of rotatable bonds is 8. The van der Waals surface area contributed by atoms with E-state index in [4.69, 9.17) is 28.4 Å². The number of esters is 4. The zero-order chi connectivity index (χ0) is 20.6. The highest BCUT2D eigenvalue weighted by Crippen LogP contribution is 2.29. The maximum Gasteiger partial charge on any atom is 0.303 e. The molecule has 0 spiro atoms. The van der Waals surface area contributed by atoms with E-state index in [0.717, 1.165) is 27.7 Å². The molecule has 1 aliphatic rings. The van der Waals surface area contributed by atoms with Crippen LogP contribution in [0.4, 0.5) is 0 Å². The van der Waals surface area contributed by atoms with Gasteiger partial charge < -0.3 is 33.2 Å². The first kappa shape index (κ1) is 22.5. The molecule has 1 rings (SSSR count). The lowest BCUT2D eigenvalue weighted by molar-refractivity contribution is -0.305. The standard InChI is InChI=1S/C16H22O11/c1-8(18)23-7-12-13(24-9(2)19)14(25-10(3)20)15(26-11(4)21)16(27-12)22-6-5-17/h5,12-16H,6-7H2,1-4H3/t12?,13-,14?,15-,16?/m1/s1. The Kier molecular flexibility index (Phi) is 8.82. The zero-order valence-corrected chi connectivity index (χ0v) is 15.4. The van der Waals surface area contributed by atoms with E-state index in [9.17, 15) is 24.0 Å². The van der Waals surface area contributed by atoms with Crippen molar-refractivity contribution < 1.29 is 52.4 Å². The highest BCUT2D eigenvalue weighted by atomic mass is 16.7. The largest absolute Gasteiger partial charge is 0.463 e. The number of ether oxygens (including phenoxy) is 6. The van der Waals surface area contributed by atoms with Gasteiger partial charge in [0.05, 0.1) is 0 Å². The van der Waals surface area contributed by atoms with Crippen LogP contribution in [0.25, 0.3) is 0 Å². The molecule has 0 amide bonds. The third-order valence-corrected chi connectivity index (χ3v) is 3.28. The SMILES string of the molecule is CC(=O)OCC1OC(OCC=O)[C@H](OC(C)=O)C(OC(C)=O)[C@@H]1OC(C)=O. The van der Waals surface area contributed by atoms with Crippen molar-refractivity contribution in [2.75, 3.05) is 13.2 Å². The Hall–Kier alpha value is -2.53. The van der Waals surface area contributed by atoms with Crippen LogP contribution in [0.5, 0.6) is 0 Å². The quantitative estimate of drug-likeness (QED) is 0.295. The summed E-state index contributed by atoms with van der Waals surface area (Å²) in [6, 6.07) is 0. The van der Waals surface area contributed by atoms with Gasteiger partial charge in [0.25, 0.3) is 0 Å². The van der Waals surface area contributed by atoms with Gasteiger partial charge in [-0.2, -0.15) is 0 Å². The molecule has 11 heteroatoms. The minimum atomic E-state index is -1.34. The molecule has 0 aliphatic carbocycles. The molecule has 0 aromatic carbocycles. The number of aldehydes is 1. The summed E-state index contributed by atoms with van der Waals surface area (Å²) in [6.07, 6.45) is -5.91. The van der Waals surface area contributed by atoms with Gasteiger partial charge in [-0.15, -0.1) is 0 Å². The summed E-state index contributed by atoms with van der Waals surface area (Å²) in [5.41, 5.74) is 0. The summed E-state index contributed by atoms with van der Waals surface area (Å²) < 4.78 is 31.1. The molecule has 11 nitrogen and oxygen atoms in total. The monoisotopic (exact) mass is 390 g/mol. The Bertz CT molecular complexity index is 573. The van der Waals surface area contributed by atoms with Gasteiger partial charge in [-0.05, 0) is 0 Å². The molecule has 5 atom stereocenters. The Morgan fingerprint density at radius 3 is 1.81 bits per heavy atom. The molecule has 152 valence electrons. The molecule has 0 aromatic heterocycles. The molecule has 0 aromatic rings. The molecule has 27 heavy (non-hydrogen) atoms. The van der Waals surface area contributed by atoms with Gasteiger partial charge in [-0.25, -0.2) is 0 Å². The summed E-state index contributed by atoms with van der Waals surface area (Å²) in [6.45, 7) is 3.71. The summed E-state index contributed by atoms with van der Waals surface area (Å²) in [5.74, 6) is -2.86. The predicted molar refractivity (Wildman–Crippen MR) is 84.0 cm³/mol. The molecule has 0 saturated carbocycles. The Morgan fingerprint density at radius 2 is 1.33 bits per heavy atom. The van der Waals surface area contributed by atoms with Crippen molar-refractivity contribution in [1.29, 1.82) is 0 Å². The third kappa shape index (κ3) is 7.31. The predicted octanol–water partition coefficient (Wildman–Crippen LogP) is -0.715. The smallest absolute Gasteiger partial charge is 0.303 e. The summed E-state index contributed by atoms with van der Waals surface area (Å²) >= 11 is 0. The van der Waals surface area contributed by atoms with Crippen molar-refractivity contribution in [2.24, 2.45) is 0 Å². The fraction of sp³-hybridized carbons (Fsp3) is 0.688. The van der Waals surface area contributed by atoms with Gasteiger partial charge in [-0.3, -0.25) is 19.2 Å². The van der Waals surface area contributed by atoms with E-state index in [2.05, 4.69) is 0 Å². The first-order chi connectivity index (χ1) is 12.6. The molecule has 1 saturated heterocycles. The van der Waals surface area contributed by atoms with Crippen LogP contribution in [0.3, 0.4) is 0 Å². The number of carbonyl (C=O) groups is 5. The molecule has 1 fully saturated rings. The minimum absolute atomic E-state index is 0.362. The first-order valence-corrected chi connectivity index (χ1v) is 8.01. The van der Waals surface area contributed by atoms with Crippen LogP contribution < -0.4 is 0 Å². The van der Waals surface area contributed by atoms with Crippen LogP contribution in [0.2, 0.25) is 0 Å². The Labute approximate surface area is 155 Å². The molecule has 1 aliphatic heterocycles. The van der Waals surface area contributed by atoms with Crippen molar-refractivity contribution in [1.82, 2.24) is 0 Å². The number of hydrogen-bond donors (Lipinski definition) is 0. The fourth-order valence-corrected chi connectivity index (χ4v) is 2.46. The zero-order valence-electron chi connectivity index (χ0n) is 15.4. The number of carbonyl (C=O) groups excluding carboxylic acids is 5. The average molecular weight is 390 g/mol. The topological polar surface area (TPSA) is 141 Å². The lowest BCUT2D eigenvalue weighted by Gasteiger charge is -2.43. The van der Waals surface area contributed by atoms with E-state index in [1.165, 1.54) is 0 Å². The lowest BCUT2D eigenvalue weighted by Crippen LogP contribution is -2.63. The van der Waals surface area contributed by atoms with Gasteiger partial charge in [0.2, 0.25) is 0 Å². The van der Waals surface area contributed by atoms with Crippen molar-refractivity contribution >= 4 is 30.2 Å². The third-order valence-electron chi connectivity index (χ3n) is 3.28. The van der Waals surface area contributed by atoms with Crippen LogP contribution in [0.1, 0.15) is 27.7 Å². The van der Waals surface area contributed by atoms with Gasteiger partial charge in [0, 0.05) is 27.7 Å². The second kappa shape index (κ2) is 10.6. The summed E-state index contributed by atoms with van der Waals surface area (Å²) in [7, 11) is 0. The highest BCUT2D eigenvalue weighted by molar-refractivity contribution is 5.68. The molecule has 0 N–H and O–H groups in total. The maximum absolute atomic E-state index is 11.5. The first-order valence-electron chi connectivity index (χ1n) is 8.01. The van der Waals surface area contributed by atoms with Crippen molar-refractivity contribution in [2.45, 2.75) is 58.4 Å².